The Morgan fingerprint density at radius 1 is 0.971 bits per heavy atom. The van der Waals surface area contributed by atoms with Crippen LogP contribution in [0.5, 0.6) is 0 Å². The average molecular weight is 495 g/mol. The molecular formula is C29H38N2O3S. The summed E-state index contributed by atoms with van der Waals surface area (Å²) < 4.78 is 26.5. The lowest BCUT2D eigenvalue weighted by atomic mass is 9.48. The highest BCUT2D eigenvalue weighted by Gasteiger charge is 2.51. The summed E-state index contributed by atoms with van der Waals surface area (Å²) in [6.45, 7) is 3.80. The predicted octanol–water partition coefficient (Wildman–Crippen LogP) is 5.36. The lowest BCUT2D eigenvalue weighted by molar-refractivity contribution is -0.120. The van der Waals surface area contributed by atoms with Gasteiger partial charge in [0.1, 0.15) is 6.54 Å². The van der Waals surface area contributed by atoms with Crippen LogP contribution in [0.2, 0.25) is 0 Å². The third kappa shape index (κ3) is 5.00. The highest BCUT2D eigenvalue weighted by Crippen LogP contribution is 2.60. The number of carbonyl (C=O) groups is 1. The van der Waals surface area contributed by atoms with Crippen LogP contribution in [0.1, 0.15) is 75.1 Å². The van der Waals surface area contributed by atoms with Crippen molar-refractivity contribution < 1.29 is 13.2 Å². The van der Waals surface area contributed by atoms with E-state index in [0.717, 1.165) is 29.7 Å². The number of hydrogen-bond acceptors (Lipinski definition) is 3. The van der Waals surface area contributed by atoms with Gasteiger partial charge in [0, 0.05) is 0 Å². The van der Waals surface area contributed by atoms with Gasteiger partial charge in [0.25, 0.3) is 0 Å². The Kier molecular flexibility index (Phi) is 6.45. The summed E-state index contributed by atoms with van der Waals surface area (Å²) in [6, 6.07) is 16.0. The molecule has 4 fully saturated rings. The number of rotatable bonds is 8. The zero-order valence-corrected chi connectivity index (χ0v) is 22.0. The maximum Gasteiger partial charge on any atom is 0.241 e. The Bertz CT molecular complexity index is 1140. The number of benzene rings is 2. The van der Waals surface area contributed by atoms with Crippen molar-refractivity contribution in [3.8, 4) is 0 Å². The first-order valence-corrected chi connectivity index (χ1v) is 15.0. The number of amides is 1. The van der Waals surface area contributed by atoms with Crippen molar-refractivity contribution in [2.24, 2.45) is 17.8 Å². The van der Waals surface area contributed by atoms with Crippen molar-refractivity contribution in [3.05, 3.63) is 65.2 Å². The average Bonchev–Trinajstić information content (AvgIpc) is 2.81. The molecule has 4 bridgehead atoms. The summed E-state index contributed by atoms with van der Waals surface area (Å²) >= 11 is 0. The van der Waals surface area contributed by atoms with Gasteiger partial charge in [-0.1, -0.05) is 43.3 Å². The minimum atomic E-state index is -3.61. The van der Waals surface area contributed by atoms with Crippen molar-refractivity contribution in [1.29, 1.82) is 0 Å². The summed E-state index contributed by atoms with van der Waals surface area (Å²) in [5.41, 5.74) is 4.41. The smallest absolute Gasteiger partial charge is 0.241 e. The molecule has 4 aliphatic carbocycles. The van der Waals surface area contributed by atoms with Crippen LogP contribution in [0.25, 0.3) is 0 Å². The van der Waals surface area contributed by atoms with Crippen LogP contribution in [-0.2, 0) is 26.7 Å². The Morgan fingerprint density at radius 3 is 2.00 bits per heavy atom. The second kappa shape index (κ2) is 9.27. The molecule has 6 rings (SSSR count). The summed E-state index contributed by atoms with van der Waals surface area (Å²) in [7, 11) is -3.61. The summed E-state index contributed by atoms with van der Waals surface area (Å²) in [5, 5.41) is 2.96. The number of nitrogens with zero attached hydrogens (tertiary/aromatic N) is 1. The topological polar surface area (TPSA) is 66.5 Å². The van der Waals surface area contributed by atoms with E-state index >= 15 is 0 Å². The maximum atomic E-state index is 12.9. The van der Waals surface area contributed by atoms with E-state index in [2.05, 4.69) is 36.5 Å². The lowest BCUT2D eigenvalue weighted by Gasteiger charge is -2.57. The van der Waals surface area contributed by atoms with Crippen LogP contribution in [0.4, 0.5) is 5.69 Å². The number of hydrogen-bond donors (Lipinski definition) is 1. The van der Waals surface area contributed by atoms with Crippen molar-refractivity contribution in [3.63, 3.8) is 0 Å². The van der Waals surface area contributed by atoms with Crippen LogP contribution in [0.3, 0.4) is 0 Å². The number of sulfonamides is 1. The van der Waals surface area contributed by atoms with E-state index in [4.69, 9.17) is 0 Å². The molecular weight excluding hydrogens is 456 g/mol. The van der Waals surface area contributed by atoms with Gasteiger partial charge >= 0.3 is 0 Å². The minimum Gasteiger partial charge on any atom is -0.348 e. The molecule has 0 heterocycles. The van der Waals surface area contributed by atoms with E-state index in [-0.39, 0.29) is 23.9 Å². The number of aryl methyl sites for hydroxylation is 1. The third-order valence-electron chi connectivity index (χ3n) is 8.76. The Morgan fingerprint density at radius 2 is 1.51 bits per heavy atom. The molecule has 4 saturated carbocycles. The van der Waals surface area contributed by atoms with Gasteiger partial charge in [0.05, 0.1) is 18.0 Å². The van der Waals surface area contributed by atoms with Crippen LogP contribution >= 0.6 is 0 Å². The predicted molar refractivity (Wildman–Crippen MR) is 141 cm³/mol. The number of anilines is 1. The molecule has 5 nitrogen and oxygen atoms in total. The van der Waals surface area contributed by atoms with Crippen molar-refractivity contribution in [2.45, 2.75) is 70.3 Å². The third-order valence-corrected chi connectivity index (χ3v) is 9.90. The van der Waals surface area contributed by atoms with Crippen LogP contribution < -0.4 is 9.62 Å². The summed E-state index contributed by atoms with van der Waals surface area (Å²) in [5.74, 6) is 2.26. The fourth-order valence-corrected chi connectivity index (χ4v) is 8.24. The van der Waals surface area contributed by atoms with Gasteiger partial charge in [-0.25, -0.2) is 8.42 Å². The number of nitrogens with one attached hydrogen (secondary N) is 1. The van der Waals surface area contributed by atoms with Gasteiger partial charge in [0.15, 0.2) is 0 Å². The molecule has 4 aliphatic rings. The normalized spacial score (nSPS) is 28.0. The molecule has 0 aliphatic heterocycles. The molecule has 1 amide bonds. The standard InChI is InChI=1S/C29H38N2O3S/c1-4-21-5-7-25(8-6-21)20(2)30-28(32)19-31(35(3,33)34)27-11-9-26(10-12-27)29-16-22-13-23(17-29)15-24(14-22)18-29/h5-12,20,22-24H,4,13-19H2,1-3H3,(H,30,32). The van der Waals surface area contributed by atoms with Gasteiger partial charge < -0.3 is 5.32 Å². The van der Waals surface area contributed by atoms with E-state index in [0.29, 0.717) is 5.69 Å². The van der Waals surface area contributed by atoms with Crippen LogP contribution in [0, 0.1) is 17.8 Å². The fourth-order valence-electron chi connectivity index (χ4n) is 7.39. The van der Waals surface area contributed by atoms with E-state index in [9.17, 15) is 13.2 Å². The monoisotopic (exact) mass is 494 g/mol. The van der Waals surface area contributed by atoms with Gasteiger partial charge in [0.2, 0.25) is 15.9 Å². The van der Waals surface area contributed by atoms with Crippen LogP contribution in [0.15, 0.2) is 48.5 Å². The molecule has 0 spiro atoms. The lowest BCUT2D eigenvalue weighted by Crippen LogP contribution is -2.48. The summed E-state index contributed by atoms with van der Waals surface area (Å²) in [4.78, 5) is 12.9. The molecule has 6 heteroatoms. The van der Waals surface area contributed by atoms with Crippen molar-refractivity contribution >= 4 is 21.6 Å². The first kappa shape index (κ1) is 24.4. The fraction of sp³-hybridized carbons (Fsp3) is 0.552. The highest BCUT2D eigenvalue weighted by atomic mass is 32.2. The van der Waals surface area contributed by atoms with Gasteiger partial charge in [-0.15, -0.1) is 0 Å². The Balaban J connectivity index is 1.29. The van der Waals surface area contributed by atoms with Crippen molar-refractivity contribution in [1.82, 2.24) is 5.32 Å². The van der Waals surface area contributed by atoms with E-state index in [1.54, 1.807) is 0 Å². The SMILES string of the molecule is CCc1ccc(C(C)NC(=O)CN(c2ccc(C34CC5CC(CC(C5)C3)C4)cc2)S(C)(=O)=O)cc1. The second-order valence-corrected chi connectivity index (χ2v) is 13.3. The molecule has 35 heavy (non-hydrogen) atoms. The molecule has 0 saturated heterocycles. The molecule has 0 aromatic heterocycles. The highest BCUT2D eigenvalue weighted by molar-refractivity contribution is 7.92. The molecule has 1 unspecified atom stereocenters. The Hall–Kier alpha value is -2.34. The van der Waals surface area contributed by atoms with E-state index < -0.39 is 10.0 Å². The molecule has 188 valence electrons. The van der Waals surface area contributed by atoms with Crippen LogP contribution in [-0.4, -0.2) is 27.1 Å². The maximum absolute atomic E-state index is 12.9. The quantitative estimate of drug-likeness (QED) is 0.537. The second-order valence-electron chi connectivity index (χ2n) is 11.4. The van der Waals surface area contributed by atoms with Gasteiger partial charge in [-0.05, 0) is 104 Å². The minimum absolute atomic E-state index is 0.201. The largest absolute Gasteiger partial charge is 0.348 e. The number of carbonyl (C=O) groups excluding carboxylic acids is 1. The molecule has 1 atom stereocenters. The van der Waals surface area contributed by atoms with Gasteiger partial charge in [-0.2, -0.15) is 0 Å². The van der Waals surface area contributed by atoms with Gasteiger partial charge in [-0.3, -0.25) is 9.10 Å². The molecule has 2 aromatic carbocycles. The van der Waals surface area contributed by atoms with E-state index in [1.807, 2.05) is 31.2 Å². The Labute approximate surface area is 210 Å². The first-order chi connectivity index (χ1) is 16.6. The molecule has 2 aromatic rings. The first-order valence-electron chi connectivity index (χ1n) is 13.1. The van der Waals surface area contributed by atoms with Crippen molar-refractivity contribution in [2.75, 3.05) is 17.1 Å². The summed E-state index contributed by atoms with van der Waals surface area (Å²) in [6.07, 6.45) is 10.1. The zero-order valence-electron chi connectivity index (χ0n) is 21.2. The molecule has 1 N–H and O–H groups in total. The molecule has 0 radical (unpaired) electrons. The zero-order chi connectivity index (χ0) is 24.8. The van der Waals surface area contributed by atoms with E-state index in [1.165, 1.54) is 60.2 Å².